The predicted octanol–water partition coefficient (Wildman–Crippen LogP) is 3.28. The average Bonchev–Trinajstić information content (AvgIpc) is 2.85. The van der Waals surface area contributed by atoms with Crippen LogP contribution < -0.4 is 4.74 Å². The number of aryl methyl sites for hydroxylation is 2. The highest BCUT2D eigenvalue weighted by Crippen LogP contribution is 2.16. The van der Waals surface area contributed by atoms with Crippen molar-refractivity contribution < 1.29 is 14.1 Å². The topological polar surface area (TPSA) is 55.6 Å². The van der Waals surface area contributed by atoms with Crippen LogP contribution in [0.3, 0.4) is 0 Å². The molecule has 0 spiro atoms. The summed E-state index contributed by atoms with van der Waals surface area (Å²) in [5.74, 6) is 1.76. The molecule has 23 heavy (non-hydrogen) atoms. The Morgan fingerprint density at radius 2 is 1.96 bits per heavy atom. The highest BCUT2D eigenvalue weighted by Gasteiger charge is 2.14. The number of hydrogen-bond acceptors (Lipinski definition) is 4. The van der Waals surface area contributed by atoms with Gasteiger partial charge in [-0.2, -0.15) is 0 Å². The van der Waals surface area contributed by atoms with Crippen molar-refractivity contribution in [3.63, 3.8) is 0 Å². The van der Waals surface area contributed by atoms with Crippen LogP contribution in [0.15, 0.2) is 28.8 Å². The van der Waals surface area contributed by atoms with Crippen LogP contribution in [-0.4, -0.2) is 29.6 Å². The lowest BCUT2D eigenvalue weighted by atomic mass is 10.1. The standard InChI is InChI=1S/C18H24N2O3/c1-5-22-16-8-6-15(7-9-16)12-20(4)18(21)11-10-17-13(2)19-23-14(17)3/h6-9H,5,10-12H2,1-4H3. The molecule has 2 rings (SSSR count). The Kier molecular flexibility index (Phi) is 5.79. The number of amides is 1. The zero-order valence-electron chi connectivity index (χ0n) is 14.3. The van der Waals surface area contributed by atoms with Gasteiger partial charge >= 0.3 is 0 Å². The second kappa shape index (κ2) is 7.81. The first-order valence-electron chi connectivity index (χ1n) is 7.88. The summed E-state index contributed by atoms with van der Waals surface area (Å²) in [5, 5.41) is 3.92. The molecule has 0 saturated heterocycles. The first-order chi connectivity index (χ1) is 11.0. The van der Waals surface area contributed by atoms with Gasteiger partial charge in [0.25, 0.3) is 0 Å². The molecule has 1 aromatic heterocycles. The largest absolute Gasteiger partial charge is 0.494 e. The van der Waals surface area contributed by atoms with E-state index in [0.29, 0.717) is 26.0 Å². The van der Waals surface area contributed by atoms with E-state index in [-0.39, 0.29) is 5.91 Å². The molecule has 1 amide bonds. The first-order valence-corrected chi connectivity index (χ1v) is 7.88. The molecule has 2 aromatic rings. The number of carbonyl (C=O) groups excluding carboxylic acids is 1. The molecule has 1 aromatic carbocycles. The summed E-state index contributed by atoms with van der Waals surface area (Å²) in [6.07, 6.45) is 1.12. The summed E-state index contributed by atoms with van der Waals surface area (Å²) in [4.78, 5) is 14.0. The lowest BCUT2D eigenvalue weighted by Gasteiger charge is -2.17. The Bertz CT molecular complexity index is 627. The van der Waals surface area contributed by atoms with Crippen LogP contribution in [0.5, 0.6) is 5.75 Å². The Morgan fingerprint density at radius 1 is 1.26 bits per heavy atom. The van der Waals surface area contributed by atoms with Gasteiger partial charge in [-0.15, -0.1) is 0 Å². The minimum atomic E-state index is 0.110. The molecule has 0 radical (unpaired) electrons. The third-order valence-corrected chi connectivity index (χ3v) is 3.85. The minimum Gasteiger partial charge on any atom is -0.494 e. The maximum absolute atomic E-state index is 12.3. The molecular formula is C18H24N2O3. The van der Waals surface area contributed by atoms with Gasteiger partial charge in [0.2, 0.25) is 5.91 Å². The van der Waals surface area contributed by atoms with Crippen molar-refractivity contribution in [3.05, 3.63) is 46.8 Å². The van der Waals surface area contributed by atoms with Crippen molar-refractivity contribution in [2.45, 2.75) is 40.2 Å². The fourth-order valence-corrected chi connectivity index (χ4v) is 2.50. The smallest absolute Gasteiger partial charge is 0.222 e. The molecule has 0 bridgehead atoms. The van der Waals surface area contributed by atoms with E-state index in [1.54, 1.807) is 4.90 Å². The van der Waals surface area contributed by atoms with Crippen LogP contribution >= 0.6 is 0 Å². The number of benzene rings is 1. The summed E-state index contributed by atoms with van der Waals surface area (Å²) >= 11 is 0. The Hall–Kier alpha value is -2.30. The maximum atomic E-state index is 12.3. The normalized spacial score (nSPS) is 10.6. The van der Waals surface area contributed by atoms with Crippen LogP contribution in [0.25, 0.3) is 0 Å². The molecule has 0 aliphatic heterocycles. The molecule has 5 heteroatoms. The zero-order valence-corrected chi connectivity index (χ0v) is 14.3. The maximum Gasteiger partial charge on any atom is 0.222 e. The van der Waals surface area contributed by atoms with E-state index in [0.717, 1.165) is 28.3 Å². The van der Waals surface area contributed by atoms with Crippen LogP contribution in [0.4, 0.5) is 0 Å². The third-order valence-electron chi connectivity index (χ3n) is 3.85. The number of aromatic nitrogens is 1. The van der Waals surface area contributed by atoms with Crippen molar-refractivity contribution in [1.29, 1.82) is 0 Å². The van der Waals surface area contributed by atoms with Gasteiger partial charge in [-0.3, -0.25) is 4.79 Å². The second-order valence-corrected chi connectivity index (χ2v) is 5.63. The molecule has 5 nitrogen and oxygen atoms in total. The lowest BCUT2D eigenvalue weighted by Crippen LogP contribution is -2.26. The minimum absolute atomic E-state index is 0.110. The van der Waals surface area contributed by atoms with Crippen molar-refractivity contribution in [1.82, 2.24) is 10.1 Å². The quantitative estimate of drug-likeness (QED) is 0.786. The monoisotopic (exact) mass is 316 g/mol. The summed E-state index contributed by atoms with van der Waals surface area (Å²) in [5.41, 5.74) is 2.99. The summed E-state index contributed by atoms with van der Waals surface area (Å²) < 4.78 is 10.5. The van der Waals surface area contributed by atoms with E-state index in [4.69, 9.17) is 9.26 Å². The Labute approximate surface area is 137 Å². The fraction of sp³-hybridized carbons (Fsp3) is 0.444. The number of rotatable bonds is 7. The van der Waals surface area contributed by atoms with Gasteiger partial charge in [-0.05, 0) is 44.9 Å². The van der Waals surface area contributed by atoms with Crippen molar-refractivity contribution in [3.8, 4) is 5.75 Å². The van der Waals surface area contributed by atoms with Gasteiger partial charge in [0.15, 0.2) is 0 Å². The fourth-order valence-electron chi connectivity index (χ4n) is 2.50. The summed E-state index contributed by atoms with van der Waals surface area (Å²) in [6, 6.07) is 7.84. The van der Waals surface area contributed by atoms with E-state index in [1.807, 2.05) is 52.1 Å². The van der Waals surface area contributed by atoms with E-state index in [1.165, 1.54) is 0 Å². The second-order valence-electron chi connectivity index (χ2n) is 5.63. The van der Waals surface area contributed by atoms with Gasteiger partial charge in [-0.25, -0.2) is 0 Å². The Balaban J connectivity index is 1.87. The van der Waals surface area contributed by atoms with Crippen LogP contribution in [-0.2, 0) is 17.8 Å². The van der Waals surface area contributed by atoms with Crippen LogP contribution in [0.1, 0.15) is 35.9 Å². The number of carbonyl (C=O) groups is 1. The molecule has 0 atom stereocenters. The van der Waals surface area contributed by atoms with Crippen LogP contribution in [0.2, 0.25) is 0 Å². The van der Waals surface area contributed by atoms with Gasteiger partial charge in [0, 0.05) is 25.6 Å². The molecule has 0 N–H and O–H groups in total. The predicted molar refractivity (Wildman–Crippen MR) is 88.4 cm³/mol. The van der Waals surface area contributed by atoms with E-state index in [2.05, 4.69) is 5.16 Å². The third kappa shape index (κ3) is 4.58. The molecule has 0 saturated carbocycles. The average molecular weight is 316 g/mol. The van der Waals surface area contributed by atoms with Gasteiger partial charge in [-0.1, -0.05) is 17.3 Å². The number of nitrogens with zero attached hydrogens (tertiary/aromatic N) is 2. The molecule has 0 aliphatic rings. The lowest BCUT2D eigenvalue weighted by molar-refractivity contribution is -0.130. The molecule has 1 heterocycles. The molecule has 0 unspecified atom stereocenters. The molecule has 0 fully saturated rings. The summed E-state index contributed by atoms with van der Waals surface area (Å²) in [7, 11) is 1.83. The SMILES string of the molecule is CCOc1ccc(CN(C)C(=O)CCc2c(C)noc2C)cc1. The van der Waals surface area contributed by atoms with Crippen LogP contribution in [0, 0.1) is 13.8 Å². The number of ether oxygens (including phenoxy) is 1. The van der Waals surface area contributed by atoms with Crippen molar-refractivity contribution in [2.75, 3.05) is 13.7 Å². The molecule has 0 aliphatic carbocycles. The van der Waals surface area contributed by atoms with Crippen molar-refractivity contribution >= 4 is 5.91 Å². The van der Waals surface area contributed by atoms with Gasteiger partial charge < -0.3 is 14.2 Å². The first kappa shape index (κ1) is 17.1. The van der Waals surface area contributed by atoms with Gasteiger partial charge in [0.05, 0.1) is 12.3 Å². The van der Waals surface area contributed by atoms with E-state index < -0.39 is 0 Å². The van der Waals surface area contributed by atoms with E-state index in [9.17, 15) is 4.79 Å². The van der Waals surface area contributed by atoms with E-state index >= 15 is 0 Å². The zero-order chi connectivity index (χ0) is 16.8. The highest BCUT2D eigenvalue weighted by molar-refractivity contribution is 5.76. The number of hydrogen-bond donors (Lipinski definition) is 0. The highest BCUT2D eigenvalue weighted by atomic mass is 16.5. The summed E-state index contributed by atoms with van der Waals surface area (Å²) in [6.45, 7) is 6.98. The Morgan fingerprint density at radius 3 is 2.52 bits per heavy atom. The molecular weight excluding hydrogens is 292 g/mol. The van der Waals surface area contributed by atoms with Crippen molar-refractivity contribution in [2.24, 2.45) is 0 Å². The van der Waals surface area contributed by atoms with Gasteiger partial charge in [0.1, 0.15) is 11.5 Å². The molecule has 124 valence electrons.